The summed E-state index contributed by atoms with van der Waals surface area (Å²) in [6.45, 7) is 2.81. The van der Waals surface area contributed by atoms with Crippen LogP contribution in [0.5, 0.6) is 0 Å². The number of halogens is 3. The minimum atomic E-state index is -1.73. The lowest BCUT2D eigenvalue weighted by molar-refractivity contribution is -0.0325. The highest BCUT2D eigenvalue weighted by Crippen LogP contribution is 2.34. The van der Waals surface area contributed by atoms with Crippen molar-refractivity contribution in [3.8, 4) is 0 Å². The van der Waals surface area contributed by atoms with E-state index in [1.54, 1.807) is 24.3 Å². The number of nitrogens with one attached hydrogen (secondary N) is 1. The van der Waals surface area contributed by atoms with Crippen molar-refractivity contribution in [3.05, 3.63) is 35.9 Å². The van der Waals surface area contributed by atoms with Gasteiger partial charge in [0.05, 0.1) is 6.61 Å². The van der Waals surface area contributed by atoms with Gasteiger partial charge in [0.25, 0.3) is 5.91 Å². The van der Waals surface area contributed by atoms with Crippen LogP contribution in [0.3, 0.4) is 0 Å². The first-order valence-electron chi connectivity index (χ1n) is 9.23. The molecule has 1 aromatic rings. The van der Waals surface area contributed by atoms with Crippen LogP contribution in [-0.4, -0.2) is 46.6 Å². The van der Waals surface area contributed by atoms with Gasteiger partial charge in [-0.3, -0.25) is 4.79 Å². The van der Waals surface area contributed by atoms with Gasteiger partial charge in [-0.25, -0.2) is 0 Å². The van der Waals surface area contributed by atoms with Crippen molar-refractivity contribution in [2.24, 2.45) is 5.92 Å². The Bertz CT molecular complexity index is 592. The van der Waals surface area contributed by atoms with Crippen LogP contribution in [0.4, 0.5) is 0 Å². The van der Waals surface area contributed by atoms with Crippen molar-refractivity contribution in [2.75, 3.05) is 19.7 Å². The maximum atomic E-state index is 12.4. The summed E-state index contributed by atoms with van der Waals surface area (Å²) < 4.78 is 4.20. The van der Waals surface area contributed by atoms with Gasteiger partial charge in [-0.1, -0.05) is 59.4 Å². The average Bonchev–Trinajstić information content (AvgIpc) is 2.64. The average molecular weight is 420 g/mol. The lowest BCUT2D eigenvalue weighted by Crippen LogP contribution is -2.51. The highest BCUT2D eigenvalue weighted by molar-refractivity contribution is 6.68. The minimum absolute atomic E-state index is 0.315. The zero-order valence-corrected chi connectivity index (χ0v) is 16.9. The molecule has 3 rings (SSSR count). The van der Waals surface area contributed by atoms with E-state index in [1.165, 1.54) is 38.8 Å². The molecule has 2 aliphatic rings. The topological polar surface area (TPSA) is 41.6 Å². The summed E-state index contributed by atoms with van der Waals surface area (Å²) in [4.78, 5) is 15.0. The van der Waals surface area contributed by atoms with Gasteiger partial charge in [0.2, 0.25) is 3.79 Å². The second-order valence-corrected chi connectivity index (χ2v) is 9.46. The van der Waals surface area contributed by atoms with Crippen LogP contribution in [0.2, 0.25) is 0 Å². The standard InChI is InChI=1S/C19H25Cl3N2O2/c20-19(21,22)18(23-17(25)14-7-2-1-3-8-14)26-13-15-9-6-12-24-11-5-4-10-16(15)24/h1-3,7-8,15-16,18H,4-6,9-13H2,(H,23,25)/t15-,16+,18-/m0/s1. The number of piperidine rings is 2. The minimum Gasteiger partial charge on any atom is -0.354 e. The van der Waals surface area contributed by atoms with Gasteiger partial charge >= 0.3 is 0 Å². The number of ether oxygens (including phenoxy) is 1. The third-order valence-corrected chi connectivity index (χ3v) is 5.90. The van der Waals surface area contributed by atoms with Crippen LogP contribution in [0.15, 0.2) is 30.3 Å². The largest absolute Gasteiger partial charge is 0.354 e. The molecule has 7 heteroatoms. The SMILES string of the molecule is O=C(N[C@@H](OC[C@@H]1CCCN2CCCC[C@H]12)C(Cl)(Cl)Cl)c1ccccc1. The molecule has 2 heterocycles. The van der Waals surface area contributed by atoms with Gasteiger partial charge in [0.15, 0.2) is 6.23 Å². The number of carbonyl (C=O) groups is 1. The Labute approximate surface area is 170 Å². The summed E-state index contributed by atoms with van der Waals surface area (Å²) in [5, 5.41) is 2.71. The number of nitrogens with zero attached hydrogens (tertiary/aromatic N) is 1. The summed E-state index contributed by atoms with van der Waals surface area (Å²) in [5.74, 6) is 0.0948. The normalized spacial score (nSPS) is 25.3. The molecule has 4 nitrogen and oxygen atoms in total. The number of hydrogen-bond donors (Lipinski definition) is 1. The smallest absolute Gasteiger partial charge is 0.253 e. The van der Waals surface area contributed by atoms with Crippen LogP contribution in [0, 0.1) is 5.92 Å². The van der Waals surface area contributed by atoms with Gasteiger partial charge in [-0.05, 0) is 56.8 Å². The van der Waals surface area contributed by atoms with Crippen molar-refractivity contribution in [1.82, 2.24) is 10.2 Å². The van der Waals surface area contributed by atoms with Gasteiger partial charge < -0.3 is 15.0 Å². The van der Waals surface area contributed by atoms with E-state index in [-0.39, 0.29) is 5.91 Å². The van der Waals surface area contributed by atoms with Gasteiger partial charge in [-0.2, -0.15) is 0 Å². The Hall–Kier alpha value is -0.520. The summed E-state index contributed by atoms with van der Waals surface area (Å²) in [6.07, 6.45) is 5.02. The van der Waals surface area contributed by atoms with Gasteiger partial charge in [-0.15, -0.1) is 0 Å². The molecule has 3 atom stereocenters. The van der Waals surface area contributed by atoms with Crippen LogP contribution in [-0.2, 0) is 4.74 Å². The predicted octanol–water partition coefficient (Wildman–Crippen LogP) is 4.39. The molecule has 26 heavy (non-hydrogen) atoms. The fraction of sp³-hybridized carbons (Fsp3) is 0.632. The van der Waals surface area contributed by atoms with E-state index in [2.05, 4.69) is 10.2 Å². The number of carbonyl (C=O) groups excluding carboxylic acids is 1. The van der Waals surface area contributed by atoms with Gasteiger partial charge in [0.1, 0.15) is 0 Å². The van der Waals surface area contributed by atoms with Crippen molar-refractivity contribution < 1.29 is 9.53 Å². The van der Waals surface area contributed by atoms with E-state index >= 15 is 0 Å². The second-order valence-electron chi connectivity index (χ2n) is 7.10. The van der Waals surface area contributed by atoms with Crippen molar-refractivity contribution in [2.45, 2.75) is 48.2 Å². The molecule has 2 aliphatic heterocycles. The maximum Gasteiger partial charge on any atom is 0.253 e. The number of alkyl halides is 3. The summed E-state index contributed by atoms with van der Waals surface area (Å²) in [6, 6.07) is 9.40. The Kier molecular flexibility index (Phi) is 7.09. The molecule has 0 aromatic heterocycles. The monoisotopic (exact) mass is 418 g/mol. The maximum absolute atomic E-state index is 12.4. The van der Waals surface area contributed by atoms with Crippen LogP contribution >= 0.6 is 34.8 Å². The molecule has 1 N–H and O–H groups in total. The fourth-order valence-electron chi connectivity index (χ4n) is 4.00. The third kappa shape index (κ3) is 5.26. The molecule has 0 unspecified atom stereocenters. The molecule has 0 radical (unpaired) electrons. The molecule has 0 saturated carbocycles. The Morgan fingerprint density at radius 3 is 2.62 bits per heavy atom. The molecule has 1 aromatic carbocycles. The Morgan fingerprint density at radius 1 is 1.15 bits per heavy atom. The Balaban J connectivity index is 1.61. The first-order chi connectivity index (χ1) is 12.4. The first-order valence-corrected chi connectivity index (χ1v) is 10.4. The van der Waals surface area contributed by atoms with Gasteiger partial charge in [0, 0.05) is 11.6 Å². The quantitative estimate of drug-likeness (QED) is 0.568. The van der Waals surface area contributed by atoms with E-state index in [9.17, 15) is 4.79 Å². The van der Waals surface area contributed by atoms with Crippen molar-refractivity contribution >= 4 is 40.7 Å². The molecule has 0 aliphatic carbocycles. The van der Waals surface area contributed by atoms with E-state index < -0.39 is 10.0 Å². The first kappa shape index (κ1) is 20.2. The third-order valence-electron chi connectivity index (χ3n) is 5.30. The number of benzene rings is 1. The van der Waals surface area contributed by atoms with Crippen molar-refractivity contribution in [3.63, 3.8) is 0 Å². The van der Waals surface area contributed by atoms with Crippen LogP contribution in [0.1, 0.15) is 42.5 Å². The molecule has 0 bridgehead atoms. The van der Waals surface area contributed by atoms with E-state index in [1.807, 2.05) is 6.07 Å². The van der Waals surface area contributed by atoms with Crippen LogP contribution < -0.4 is 5.32 Å². The Morgan fingerprint density at radius 2 is 1.88 bits per heavy atom. The lowest BCUT2D eigenvalue weighted by atomic mass is 9.84. The fourth-order valence-corrected chi connectivity index (χ4v) is 4.35. The molecule has 144 valence electrons. The highest BCUT2D eigenvalue weighted by Gasteiger charge is 2.38. The number of fused-ring (bicyclic) bond motifs is 1. The molecule has 2 fully saturated rings. The second kappa shape index (κ2) is 9.11. The summed E-state index contributed by atoms with van der Waals surface area (Å²) in [7, 11) is 0. The molecule has 2 saturated heterocycles. The number of rotatable bonds is 5. The molecule has 1 amide bonds. The molecule has 0 spiro atoms. The van der Waals surface area contributed by atoms with E-state index in [0.717, 1.165) is 6.42 Å². The zero-order valence-electron chi connectivity index (χ0n) is 14.7. The van der Waals surface area contributed by atoms with Crippen LogP contribution in [0.25, 0.3) is 0 Å². The molecular formula is C19H25Cl3N2O2. The summed E-state index contributed by atoms with van der Waals surface area (Å²) in [5.41, 5.74) is 0.506. The highest BCUT2D eigenvalue weighted by atomic mass is 35.6. The predicted molar refractivity (Wildman–Crippen MR) is 106 cm³/mol. The van der Waals surface area contributed by atoms with E-state index in [0.29, 0.717) is 24.1 Å². The number of amides is 1. The van der Waals surface area contributed by atoms with Crippen molar-refractivity contribution in [1.29, 1.82) is 0 Å². The molecular weight excluding hydrogens is 395 g/mol. The summed E-state index contributed by atoms with van der Waals surface area (Å²) >= 11 is 18.2. The lowest BCUT2D eigenvalue weighted by Gasteiger charge is -2.44. The zero-order chi connectivity index (χ0) is 18.6. The number of hydrogen-bond acceptors (Lipinski definition) is 3. The van der Waals surface area contributed by atoms with E-state index in [4.69, 9.17) is 39.5 Å².